The Bertz CT molecular complexity index is 437. The zero-order valence-electron chi connectivity index (χ0n) is 13.2. The molecule has 1 unspecified atom stereocenters. The van der Waals surface area contributed by atoms with Crippen molar-refractivity contribution >= 4 is 0 Å². The van der Waals surface area contributed by atoms with Crippen LogP contribution in [0.3, 0.4) is 0 Å². The first-order chi connectivity index (χ1) is 9.64. The minimum atomic E-state index is 0.0800. The Morgan fingerprint density at radius 3 is 2.40 bits per heavy atom. The summed E-state index contributed by atoms with van der Waals surface area (Å²) in [4.78, 5) is 0. The summed E-state index contributed by atoms with van der Waals surface area (Å²) >= 11 is 0. The van der Waals surface area contributed by atoms with Gasteiger partial charge in [-0.3, -0.25) is 0 Å². The van der Waals surface area contributed by atoms with Crippen molar-refractivity contribution in [3.8, 4) is 11.5 Å². The van der Waals surface area contributed by atoms with Gasteiger partial charge in [0.1, 0.15) is 0 Å². The molecule has 3 heteroatoms. The van der Waals surface area contributed by atoms with E-state index >= 15 is 0 Å². The highest BCUT2D eigenvalue weighted by molar-refractivity contribution is 5.45. The quantitative estimate of drug-likeness (QED) is 0.859. The molecule has 1 aliphatic rings. The van der Waals surface area contributed by atoms with Crippen molar-refractivity contribution in [2.24, 2.45) is 5.92 Å². The van der Waals surface area contributed by atoms with Crippen LogP contribution in [-0.4, -0.2) is 19.8 Å². The smallest absolute Gasteiger partial charge is 0.161 e. The van der Waals surface area contributed by atoms with Crippen LogP contribution in [0, 0.1) is 5.92 Å². The topological polar surface area (TPSA) is 30.5 Å². The molecule has 0 radical (unpaired) electrons. The first kappa shape index (κ1) is 15.2. The molecule has 0 spiro atoms. The summed E-state index contributed by atoms with van der Waals surface area (Å²) in [6, 6.07) is 6.40. The Morgan fingerprint density at radius 2 is 1.85 bits per heavy atom. The number of rotatable bonds is 6. The van der Waals surface area contributed by atoms with Gasteiger partial charge >= 0.3 is 0 Å². The molecule has 20 heavy (non-hydrogen) atoms. The molecule has 112 valence electrons. The molecule has 1 heterocycles. The molecule has 0 amide bonds. The van der Waals surface area contributed by atoms with Gasteiger partial charge in [0.2, 0.25) is 0 Å². The van der Waals surface area contributed by atoms with E-state index in [0.717, 1.165) is 18.0 Å². The van der Waals surface area contributed by atoms with Gasteiger partial charge in [0.25, 0.3) is 0 Å². The van der Waals surface area contributed by atoms with Gasteiger partial charge in [-0.1, -0.05) is 19.9 Å². The van der Waals surface area contributed by atoms with E-state index in [-0.39, 0.29) is 5.54 Å². The van der Waals surface area contributed by atoms with E-state index in [1.54, 1.807) is 0 Å². The summed E-state index contributed by atoms with van der Waals surface area (Å²) in [5.41, 5.74) is 1.40. The molecule has 0 aromatic heterocycles. The normalized spacial score (nSPS) is 22.2. The van der Waals surface area contributed by atoms with Gasteiger partial charge in [-0.2, -0.15) is 0 Å². The minimum Gasteiger partial charge on any atom is -0.490 e. The summed E-state index contributed by atoms with van der Waals surface area (Å²) in [6.07, 6.45) is 2.42. The van der Waals surface area contributed by atoms with Gasteiger partial charge in [0.05, 0.1) is 13.2 Å². The molecule has 3 nitrogen and oxygen atoms in total. The molecular weight excluding hydrogens is 250 g/mol. The van der Waals surface area contributed by atoms with Crippen LogP contribution in [0.15, 0.2) is 18.2 Å². The van der Waals surface area contributed by atoms with Gasteiger partial charge in [0.15, 0.2) is 11.5 Å². The highest BCUT2D eigenvalue weighted by Crippen LogP contribution is 2.41. The van der Waals surface area contributed by atoms with Crippen molar-refractivity contribution in [2.75, 3.05) is 19.8 Å². The van der Waals surface area contributed by atoms with Crippen LogP contribution >= 0.6 is 0 Å². The van der Waals surface area contributed by atoms with Crippen LogP contribution in [0.4, 0.5) is 0 Å². The average molecular weight is 277 g/mol. The first-order valence-corrected chi connectivity index (χ1v) is 7.79. The fourth-order valence-corrected chi connectivity index (χ4v) is 3.17. The summed E-state index contributed by atoms with van der Waals surface area (Å²) in [5, 5.41) is 3.71. The molecule has 0 aliphatic carbocycles. The van der Waals surface area contributed by atoms with Crippen molar-refractivity contribution in [1.82, 2.24) is 5.32 Å². The van der Waals surface area contributed by atoms with Crippen molar-refractivity contribution in [3.05, 3.63) is 23.8 Å². The summed E-state index contributed by atoms with van der Waals surface area (Å²) in [6.45, 7) is 11.0. The van der Waals surface area contributed by atoms with E-state index in [4.69, 9.17) is 9.47 Å². The lowest BCUT2D eigenvalue weighted by Crippen LogP contribution is -2.41. The third-order valence-electron chi connectivity index (χ3n) is 4.23. The predicted octanol–water partition coefficient (Wildman–Crippen LogP) is 3.72. The summed E-state index contributed by atoms with van der Waals surface area (Å²) < 4.78 is 11.4. The molecule has 1 aromatic rings. The van der Waals surface area contributed by atoms with E-state index in [9.17, 15) is 0 Å². The number of benzene rings is 1. The molecule has 0 bridgehead atoms. The molecule has 1 atom stereocenters. The van der Waals surface area contributed by atoms with Crippen LogP contribution < -0.4 is 14.8 Å². The second-order valence-corrected chi connectivity index (χ2v) is 5.68. The van der Waals surface area contributed by atoms with E-state index in [1.807, 2.05) is 19.9 Å². The van der Waals surface area contributed by atoms with Gasteiger partial charge in [-0.15, -0.1) is 0 Å². The Kier molecular flexibility index (Phi) is 4.92. The molecule has 1 fully saturated rings. The second-order valence-electron chi connectivity index (χ2n) is 5.68. The fraction of sp³-hybridized carbons (Fsp3) is 0.647. The highest BCUT2D eigenvalue weighted by Gasteiger charge is 2.38. The Morgan fingerprint density at radius 1 is 1.15 bits per heavy atom. The lowest BCUT2D eigenvalue weighted by Gasteiger charge is -2.35. The zero-order valence-corrected chi connectivity index (χ0v) is 13.2. The maximum Gasteiger partial charge on any atom is 0.161 e. The molecule has 0 saturated carbocycles. The van der Waals surface area contributed by atoms with Crippen LogP contribution in [0.25, 0.3) is 0 Å². The van der Waals surface area contributed by atoms with Crippen molar-refractivity contribution in [1.29, 1.82) is 0 Å². The minimum absolute atomic E-state index is 0.0800. The molecular formula is C17H27NO2. The van der Waals surface area contributed by atoms with Gasteiger partial charge < -0.3 is 14.8 Å². The first-order valence-electron chi connectivity index (χ1n) is 7.79. The van der Waals surface area contributed by atoms with E-state index in [1.165, 1.54) is 18.4 Å². The lowest BCUT2D eigenvalue weighted by molar-refractivity contribution is 0.268. The zero-order chi connectivity index (χ0) is 14.6. The number of hydrogen-bond donors (Lipinski definition) is 1. The Hall–Kier alpha value is -1.22. The molecule has 2 rings (SSSR count). The van der Waals surface area contributed by atoms with Crippen molar-refractivity contribution in [2.45, 2.75) is 46.1 Å². The van der Waals surface area contributed by atoms with Crippen LogP contribution in [0.1, 0.15) is 46.1 Å². The Balaban J connectivity index is 2.38. The molecule has 1 aromatic carbocycles. The summed E-state index contributed by atoms with van der Waals surface area (Å²) in [5.74, 6) is 2.26. The van der Waals surface area contributed by atoms with Crippen LogP contribution in [-0.2, 0) is 5.54 Å². The summed E-state index contributed by atoms with van der Waals surface area (Å²) in [7, 11) is 0. The van der Waals surface area contributed by atoms with Crippen molar-refractivity contribution < 1.29 is 9.47 Å². The molecule has 1 aliphatic heterocycles. The third kappa shape index (κ3) is 2.78. The number of ether oxygens (including phenoxy) is 2. The fourth-order valence-electron chi connectivity index (χ4n) is 3.17. The SMILES string of the molecule is CCOc1ccc(C2(C(C)C)CCCN2)cc1OCC. The monoisotopic (exact) mass is 277 g/mol. The van der Waals surface area contributed by atoms with Gasteiger partial charge in [-0.05, 0) is 56.8 Å². The highest BCUT2D eigenvalue weighted by atomic mass is 16.5. The standard InChI is InChI=1S/C17H27NO2/c1-5-19-15-9-8-14(12-16(15)20-6-2)17(13(3)4)10-7-11-18-17/h8-9,12-13,18H,5-7,10-11H2,1-4H3. The van der Waals surface area contributed by atoms with Crippen LogP contribution in [0.5, 0.6) is 11.5 Å². The van der Waals surface area contributed by atoms with E-state index < -0.39 is 0 Å². The number of hydrogen-bond acceptors (Lipinski definition) is 3. The maximum absolute atomic E-state index is 5.76. The molecule has 1 saturated heterocycles. The Labute approximate surface area is 122 Å². The third-order valence-corrected chi connectivity index (χ3v) is 4.23. The molecule has 1 N–H and O–H groups in total. The average Bonchev–Trinajstić information content (AvgIpc) is 2.92. The largest absolute Gasteiger partial charge is 0.490 e. The van der Waals surface area contributed by atoms with E-state index in [2.05, 4.69) is 31.3 Å². The number of nitrogens with one attached hydrogen (secondary N) is 1. The van der Waals surface area contributed by atoms with Gasteiger partial charge in [0, 0.05) is 5.54 Å². The van der Waals surface area contributed by atoms with Crippen LogP contribution in [0.2, 0.25) is 0 Å². The van der Waals surface area contributed by atoms with Gasteiger partial charge in [-0.25, -0.2) is 0 Å². The van der Waals surface area contributed by atoms with E-state index in [0.29, 0.717) is 19.1 Å². The second kappa shape index (κ2) is 6.49. The predicted molar refractivity (Wildman–Crippen MR) is 82.5 cm³/mol. The van der Waals surface area contributed by atoms with Crippen molar-refractivity contribution in [3.63, 3.8) is 0 Å². The lowest BCUT2D eigenvalue weighted by atomic mass is 9.78. The maximum atomic E-state index is 5.76.